The topological polar surface area (TPSA) is 0 Å². The summed E-state index contributed by atoms with van der Waals surface area (Å²) in [5, 5.41) is 0. The normalized spacial score (nSPS) is 11.0. The highest BCUT2D eigenvalue weighted by Gasteiger charge is 2.05. The minimum Gasteiger partial charge on any atom is -0.145 e. The van der Waals surface area contributed by atoms with Gasteiger partial charge in [0.15, 0.2) is 0 Å². The lowest BCUT2D eigenvalue weighted by atomic mass is 9.97. The number of hydrogen-bond acceptors (Lipinski definition) is 0. The Morgan fingerprint density at radius 1 is 0.947 bits per heavy atom. The Hall–Kier alpha value is -1.95. The molecule has 0 heterocycles. The Morgan fingerprint density at radius 2 is 1.79 bits per heavy atom. The number of rotatable bonds is 4. The van der Waals surface area contributed by atoms with Gasteiger partial charge in [0.05, 0.1) is 0 Å². The van der Waals surface area contributed by atoms with E-state index in [2.05, 4.69) is 67.6 Å². The highest BCUT2D eigenvalue weighted by molar-refractivity contribution is 5.86. The van der Waals surface area contributed by atoms with Gasteiger partial charge >= 0.3 is 0 Å². The Morgan fingerprint density at radius 3 is 2.58 bits per heavy atom. The fourth-order valence-electron chi connectivity index (χ4n) is 2.69. The second-order valence-electron chi connectivity index (χ2n) is 5.14. The molecule has 0 aromatic heterocycles. The number of unbranched alkanes of at least 4 members (excludes halogenated alkanes) is 1. The van der Waals surface area contributed by atoms with E-state index in [1.165, 1.54) is 47.1 Å². The summed E-state index contributed by atoms with van der Waals surface area (Å²) in [6.07, 6.45) is 3.73. The van der Waals surface area contributed by atoms with Crippen LogP contribution >= 0.6 is 0 Å². The molecular formula is C19H19-. The second kappa shape index (κ2) is 5.36. The van der Waals surface area contributed by atoms with Gasteiger partial charge in [-0.05, 0) is 12.8 Å². The first-order valence-electron chi connectivity index (χ1n) is 7.12. The van der Waals surface area contributed by atoms with Gasteiger partial charge in [0.1, 0.15) is 0 Å². The molecule has 0 radical (unpaired) electrons. The third-order valence-corrected chi connectivity index (χ3v) is 3.71. The van der Waals surface area contributed by atoms with E-state index in [0.29, 0.717) is 0 Å². The largest absolute Gasteiger partial charge is 0.145 e. The van der Waals surface area contributed by atoms with Crippen LogP contribution in [0.25, 0.3) is 22.3 Å². The molecule has 0 bridgehead atoms. The number of hydrogen-bond donors (Lipinski definition) is 0. The predicted octanol–water partition coefficient (Wildman–Crippen LogP) is 5.52. The van der Waals surface area contributed by atoms with E-state index in [4.69, 9.17) is 0 Å². The van der Waals surface area contributed by atoms with Crippen molar-refractivity contribution in [1.82, 2.24) is 0 Å². The summed E-state index contributed by atoms with van der Waals surface area (Å²) < 4.78 is 0. The lowest BCUT2D eigenvalue weighted by molar-refractivity contribution is 0.797. The van der Waals surface area contributed by atoms with E-state index in [9.17, 15) is 0 Å². The summed E-state index contributed by atoms with van der Waals surface area (Å²) >= 11 is 0. The van der Waals surface area contributed by atoms with Crippen molar-refractivity contribution >= 4 is 0 Å². The lowest BCUT2D eigenvalue weighted by Gasteiger charge is -2.16. The quantitative estimate of drug-likeness (QED) is 0.532. The molecule has 0 amide bonds. The van der Waals surface area contributed by atoms with Crippen molar-refractivity contribution in [2.45, 2.75) is 26.2 Å². The zero-order chi connectivity index (χ0) is 13.1. The molecule has 0 N–H and O–H groups in total. The van der Waals surface area contributed by atoms with Gasteiger partial charge in [0.25, 0.3) is 0 Å². The molecule has 2 aliphatic rings. The van der Waals surface area contributed by atoms with E-state index >= 15 is 0 Å². The predicted molar refractivity (Wildman–Crippen MR) is 82.7 cm³/mol. The van der Waals surface area contributed by atoms with Crippen LogP contribution in [0.2, 0.25) is 0 Å². The lowest BCUT2D eigenvalue weighted by Crippen LogP contribution is -1.81. The summed E-state index contributed by atoms with van der Waals surface area (Å²) in [6, 6.07) is 22.0. The van der Waals surface area contributed by atoms with Crippen LogP contribution in [0, 0.1) is 0 Å². The SMILES string of the molecule is CCCCc1cc2cc[cH-]c(-c3ccccc3)c-2c1. The Bertz CT molecular complexity index is 616. The highest BCUT2D eigenvalue weighted by atomic mass is 14.2. The van der Waals surface area contributed by atoms with Crippen molar-refractivity contribution in [1.29, 1.82) is 0 Å². The highest BCUT2D eigenvalue weighted by Crippen LogP contribution is 2.36. The van der Waals surface area contributed by atoms with Crippen molar-refractivity contribution in [2.75, 3.05) is 0 Å². The van der Waals surface area contributed by atoms with Crippen molar-refractivity contribution < 1.29 is 0 Å². The van der Waals surface area contributed by atoms with E-state index in [1.807, 2.05) is 0 Å². The average Bonchev–Trinajstić information content (AvgIpc) is 2.88. The molecule has 96 valence electrons. The van der Waals surface area contributed by atoms with Crippen LogP contribution in [-0.4, -0.2) is 0 Å². The van der Waals surface area contributed by atoms with Crippen molar-refractivity contribution in [3.05, 3.63) is 66.2 Å². The van der Waals surface area contributed by atoms with E-state index in [-0.39, 0.29) is 0 Å². The second-order valence-corrected chi connectivity index (χ2v) is 5.14. The van der Waals surface area contributed by atoms with Gasteiger partial charge < -0.3 is 0 Å². The standard InChI is InChI=1S/C19H19/c1-2-3-8-15-13-17-11-7-12-18(19(17)14-15)16-9-5-4-6-10-16/h4-7,9-14H,2-3,8H2,1H3/q-1. The molecule has 1 aromatic rings. The summed E-state index contributed by atoms with van der Waals surface area (Å²) in [5.74, 6) is 0. The molecule has 0 spiro atoms. The molecule has 0 aliphatic heterocycles. The molecule has 1 aromatic carbocycles. The van der Waals surface area contributed by atoms with Crippen LogP contribution in [0.1, 0.15) is 25.3 Å². The first-order chi connectivity index (χ1) is 9.38. The fraction of sp³-hybridized carbons (Fsp3) is 0.211. The fourth-order valence-corrected chi connectivity index (χ4v) is 2.69. The third kappa shape index (κ3) is 2.44. The maximum atomic E-state index is 2.37. The summed E-state index contributed by atoms with van der Waals surface area (Å²) in [5.41, 5.74) is 6.88. The molecule has 19 heavy (non-hydrogen) atoms. The van der Waals surface area contributed by atoms with Crippen LogP contribution in [0.4, 0.5) is 0 Å². The summed E-state index contributed by atoms with van der Waals surface area (Å²) in [7, 11) is 0. The Labute approximate surface area is 115 Å². The van der Waals surface area contributed by atoms with Gasteiger partial charge in [-0.1, -0.05) is 66.9 Å². The van der Waals surface area contributed by atoms with Gasteiger partial charge in [-0.15, -0.1) is 34.9 Å². The van der Waals surface area contributed by atoms with E-state index in [0.717, 1.165) is 0 Å². The van der Waals surface area contributed by atoms with Crippen LogP contribution < -0.4 is 0 Å². The van der Waals surface area contributed by atoms with Crippen LogP contribution in [0.3, 0.4) is 0 Å². The Balaban J connectivity index is 2.04. The van der Waals surface area contributed by atoms with Gasteiger partial charge in [-0.25, -0.2) is 0 Å². The molecule has 0 atom stereocenters. The molecule has 0 saturated carbocycles. The molecule has 0 saturated heterocycles. The van der Waals surface area contributed by atoms with Crippen LogP contribution in [0.5, 0.6) is 0 Å². The maximum absolute atomic E-state index is 2.37. The van der Waals surface area contributed by atoms with E-state index < -0.39 is 0 Å². The summed E-state index contributed by atoms with van der Waals surface area (Å²) in [4.78, 5) is 0. The monoisotopic (exact) mass is 247 g/mol. The molecule has 0 unspecified atom stereocenters. The number of aryl methyl sites for hydroxylation is 1. The number of benzene rings is 2. The van der Waals surface area contributed by atoms with Crippen LogP contribution in [0.15, 0.2) is 60.7 Å². The van der Waals surface area contributed by atoms with Gasteiger partial charge in [0, 0.05) is 0 Å². The molecule has 0 fully saturated rings. The molecular weight excluding hydrogens is 228 g/mol. The minimum atomic E-state index is 1.19. The van der Waals surface area contributed by atoms with E-state index in [1.54, 1.807) is 0 Å². The van der Waals surface area contributed by atoms with Crippen molar-refractivity contribution in [2.24, 2.45) is 0 Å². The first kappa shape index (κ1) is 12.1. The van der Waals surface area contributed by atoms with Gasteiger partial charge in [-0.3, -0.25) is 0 Å². The Kier molecular flexibility index (Phi) is 3.41. The first-order valence-corrected chi connectivity index (χ1v) is 7.12. The molecule has 2 aliphatic carbocycles. The minimum absolute atomic E-state index is 1.19. The number of fused-ring (bicyclic) bond motifs is 1. The van der Waals surface area contributed by atoms with Crippen molar-refractivity contribution in [3.63, 3.8) is 0 Å². The van der Waals surface area contributed by atoms with Gasteiger partial charge in [0.2, 0.25) is 0 Å². The zero-order valence-electron chi connectivity index (χ0n) is 11.4. The van der Waals surface area contributed by atoms with Crippen molar-refractivity contribution in [3.8, 4) is 22.3 Å². The smallest absolute Gasteiger partial charge is 0.0287 e. The third-order valence-electron chi connectivity index (χ3n) is 3.71. The zero-order valence-corrected chi connectivity index (χ0v) is 11.4. The maximum Gasteiger partial charge on any atom is -0.0287 e. The molecule has 0 heteroatoms. The van der Waals surface area contributed by atoms with Gasteiger partial charge in [-0.2, -0.15) is 0 Å². The molecule has 0 nitrogen and oxygen atoms in total. The summed E-state index contributed by atoms with van der Waals surface area (Å²) in [6.45, 7) is 2.25. The average molecular weight is 247 g/mol. The molecule has 3 rings (SSSR count). The van der Waals surface area contributed by atoms with Crippen LogP contribution in [-0.2, 0) is 6.42 Å².